The molecule has 3 aromatic heterocycles. The number of benzene rings is 3. The number of hydrogen-bond acceptors (Lipinski definition) is 17. The van der Waals surface area contributed by atoms with Crippen LogP contribution in [-0.4, -0.2) is 171 Å². The number of carboxylic acids is 1. The molecule has 6 rings (SSSR count). The van der Waals surface area contributed by atoms with Crippen molar-refractivity contribution in [2.45, 2.75) is 228 Å². The predicted molar refractivity (Wildman–Crippen MR) is 395 cm³/mol. The summed E-state index contributed by atoms with van der Waals surface area (Å²) < 4.78 is 20.0. The summed E-state index contributed by atoms with van der Waals surface area (Å²) in [6.07, 6.45) is 6.52. The smallest absolute Gasteiger partial charge is 0.481 e. The number of carbonyl (C=O) groups is 13. The van der Waals surface area contributed by atoms with Crippen LogP contribution in [0.25, 0.3) is 38.2 Å². The van der Waals surface area contributed by atoms with Crippen LogP contribution in [0.2, 0.25) is 26.2 Å². The molecule has 0 aliphatic rings. The fourth-order valence-corrected chi connectivity index (χ4v) is 9.59. The van der Waals surface area contributed by atoms with Gasteiger partial charge in [-0.25, -0.2) is 14.4 Å². The van der Waals surface area contributed by atoms with Crippen LogP contribution in [0.5, 0.6) is 0 Å². The van der Waals surface area contributed by atoms with Crippen LogP contribution in [0.3, 0.4) is 0 Å². The first-order valence-corrected chi connectivity index (χ1v) is 38.3. The molecule has 31 heteroatoms. The standard InChI is InChI=1S/C23H29N3O7.C22H27N5O5.C21H27N3O6.C4H12Si.C4H9.Li/c1-13(2)32-23(31)19(9-10-21(29)33-15(4)28)26-22(30)20(25-14(3)27)11-16-12-24-18-8-6-5-7-17(16)18;1-13(2)32-22(31)19(9-8-16(29)12-25-23)27-21(30)20(26-14(3)28)10-15-11-24-18-7-5-4-6-17(15)18;1-12(2)30-21(29)17(8-9-19(26)27)24-20(28)18(23-13(3)25)10-14-11-22-16-7-5-4-6-15(14)16;1-5(2,3)4;1-3-4-2;/h5-8,12-13,19-20,24H,9-11H2,1-4H3,(H,25,27)(H,26,30);4-7,11-13,19-20,24H,8-10H2,1-3H3,(H,26,28)(H,27,30);4-7,11-12,17-18,22H,8-10H2,1-3H3,(H,23,25)(H,24,28)(H,26,27);1-4H3;1,3-4H2,2H3;/q;;;;-1;+1/t2*19-,20-;17-,18-;;;/m000.../s1. The zero-order chi connectivity index (χ0) is 78.4. The van der Waals surface area contributed by atoms with Crippen LogP contribution >= 0.6 is 0 Å². The molecule has 10 N–H and O–H groups in total. The number of H-pyrrole nitrogens is 3. The summed E-state index contributed by atoms with van der Waals surface area (Å²) in [4.78, 5) is 169. The molecule has 568 valence electrons. The Kier molecular flexibility index (Phi) is 42.6. The number of esters is 5. The van der Waals surface area contributed by atoms with Crippen LogP contribution < -0.4 is 50.8 Å². The van der Waals surface area contributed by atoms with Gasteiger partial charge in [-0.15, -0.1) is 0 Å². The first-order valence-electron chi connectivity index (χ1n) is 34.3. The van der Waals surface area contributed by atoms with Crippen LogP contribution in [0.4, 0.5) is 0 Å². The van der Waals surface area contributed by atoms with Gasteiger partial charge < -0.3 is 83.4 Å². The number of fused-ring (bicyclic) bond motifs is 3. The van der Waals surface area contributed by atoms with Crippen molar-refractivity contribution in [1.82, 2.24) is 46.9 Å². The van der Waals surface area contributed by atoms with E-state index in [0.29, 0.717) is 0 Å². The third-order valence-corrected chi connectivity index (χ3v) is 14.0. The minimum atomic E-state index is -1.17. The van der Waals surface area contributed by atoms with E-state index in [9.17, 15) is 62.3 Å². The molecule has 0 fully saturated rings. The van der Waals surface area contributed by atoms with Gasteiger partial charge >= 0.3 is 60.9 Å². The summed E-state index contributed by atoms with van der Waals surface area (Å²) in [7, 11) is -0.611. The fraction of sp³-hybridized carbons (Fsp3) is 0.473. The minimum Gasteiger partial charge on any atom is -0.481 e. The van der Waals surface area contributed by atoms with Crippen LogP contribution in [0, 0.1) is 6.92 Å². The van der Waals surface area contributed by atoms with Gasteiger partial charge in [0, 0.05) is 126 Å². The van der Waals surface area contributed by atoms with E-state index in [-0.39, 0.29) is 76.6 Å². The number of aliphatic carboxylic acids is 1. The number of unbranched alkanes of at least 4 members (excludes halogenated alkanes) is 1. The van der Waals surface area contributed by atoms with Crippen molar-refractivity contribution < 1.29 is 110 Å². The van der Waals surface area contributed by atoms with Crippen LogP contribution in [0.1, 0.15) is 144 Å². The molecule has 0 saturated carbocycles. The molecule has 6 amide bonds. The molecular weight excluding hydrogens is 1370 g/mol. The second-order valence-electron chi connectivity index (χ2n) is 26.6. The Balaban J connectivity index is 0.000000739. The number of ether oxygens (including phenoxy) is 4. The number of carbonyl (C=O) groups excluding carboxylic acids is 12. The number of para-hydroxylation sites is 3. The van der Waals surface area contributed by atoms with Gasteiger partial charge in [0.2, 0.25) is 41.2 Å². The number of nitrogens with zero attached hydrogens (tertiary/aromatic N) is 2. The molecule has 0 radical (unpaired) electrons. The van der Waals surface area contributed by atoms with E-state index in [1.807, 2.05) is 72.8 Å². The van der Waals surface area contributed by atoms with Crippen molar-refractivity contribution in [3.8, 4) is 0 Å². The van der Waals surface area contributed by atoms with Gasteiger partial charge in [-0.2, -0.15) is 11.2 Å². The number of rotatable bonds is 32. The number of amides is 6. The zero-order valence-corrected chi connectivity index (χ0v) is 64.2. The number of nitrogens with one attached hydrogen (secondary N) is 9. The van der Waals surface area contributed by atoms with Crippen molar-refractivity contribution in [3.05, 3.63) is 121 Å². The molecule has 29 nitrogen and oxygen atoms in total. The van der Waals surface area contributed by atoms with Gasteiger partial charge in [-0.1, -0.05) is 94.1 Å². The normalized spacial score (nSPS) is 12.3. The molecule has 0 spiro atoms. The third-order valence-electron chi connectivity index (χ3n) is 14.0. The molecule has 0 saturated heterocycles. The maximum Gasteiger partial charge on any atom is 1.00 e. The molecule has 0 bridgehead atoms. The number of Topliss-reactive ketones (excluding diaryl/α,β-unsaturated/α-hetero) is 1. The van der Waals surface area contributed by atoms with Gasteiger partial charge in [0.1, 0.15) is 36.3 Å². The molecular formula is C74H104LiN11O18Si. The van der Waals surface area contributed by atoms with Crippen molar-refractivity contribution in [2.24, 2.45) is 0 Å². The van der Waals surface area contributed by atoms with Crippen molar-refractivity contribution in [3.63, 3.8) is 0 Å². The van der Waals surface area contributed by atoms with Crippen molar-refractivity contribution in [2.75, 3.05) is 0 Å². The Morgan fingerprint density at radius 2 is 0.781 bits per heavy atom. The fourth-order valence-electron chi connectivity index (χ4n) is 9.59. The summed E-state index contributed by atoms with van der Waals surface area (Å²) in [6, 6.07) is 16.4. The summed E-state index contributed by atoms with van der Waals surface area (Å²) in [5, 5.41) is 27.2. The van der Waals surface area contributed by atoms with E-state index >= 15 is 0 Å². The number of ketones is 1. The van der Waals surface area contributed by atoms with Crippen molar-refractivity contribution in [1.29, 1.82) is 0 Å². The van der Waals surface area contributed by atoms with Crippen molar-refractivity contribution >= 4 is 124 Å². The number of aromatic amines is 3. The van der Waals surface area contributed by atoms with Gasteiger partial charge in [0.25, 0.3) is 0 Å². The topological polar surface area (TPSA) is 435 Å². The van der Waals surface area contributed by atoms with E-state index < -0.39 is 140 Å². The van der Waals surface area contributed by atoms with Gasteiger partial charge in [0.05, 0.1) is 18.3 Å². The Labute approximate surface area is 625 Å². The van der Waals surface area contributed by atoms with E-state index in [1.54, 1.807) is 60.1 Å². The number of hydrogen-bond donors (Lipinski definition) is 10. The van der Waals surface area contributed by atoms with Gasteiger partial charge in [0.15, 0.2) is 0 Å². The average molecular weight is 1470 g/mol. The molecule has 0 aliphatic heterocycles. The van der Waals surface area contributed by atoms with Crippen LogP contribution in [-0.2, 0) is 101 Å². The zero-order valence-electron chi connectivity index (χ0n) is 63.2. The quantitative estimate of drug-likeness (QED) is 0.00391. The summed E-state index contributed by atoms with van der Waals surface area (Å²) in [5.74, 6) is -8.35. The first kappa shape index (κ1) is 93.0. The second-order valence-corrected chi connectivity index (χ2v) is 32.6. The van der Waals surface area contributed by atoms with E-state index in [2.05, 4.69) is 96.4 Å². The molecule has 105 heavy (non-hydrogen) atoms. The minimum absolute atomic E-state index is 0. The Morgan fingerprint density at radius 3 is 1.04 bits per heavy atom. The number of aromatic nitrogens is 3. The SMILES string of the molecule is CC(=O)N[C@@H](Cc1c[nH]c2ccccc12)C(=O)N[C@@H](CCC(=O)C=[N+]=[N-])C(=O)OC(C)C.CC(=O)N[C@@H](Cc1c[nH]c2ccccc12)C(=O)N[C@@H](CCC(=O)O)C(=O)OC(C)C.CC(=O)N[C@@H](Cc1c[nH]c2ccccc12)C(=O)N[C@@H](CCC(=O)OC(C)=O)C(=O)OC(C)C.C[Si](C)(C)C.[CH2-]CCC.[Li+]. The molecule has 3 aromatic carbocycles. The first-order chi connectivity index (χ1) is 48.8. The molecule has 0 aliphatic carbocycles. The predicted octanol–water partition coefficient (Wildman–Crippen LogP) is 4.92. The van der Waals surface area contributed by atoms with Gasteiger partial charge in [-0.3, -0.25) is 47.9 Å². The van der Waals surface area contributed by atoms with Gasteiger partial charge in [-0.05, 0) is 95.7 Å². The summed E-state index contributed by atoms with van der Waals surface area (Å²) in [6.45, 7) is 29.9. The summed E-state index contributed by atoms with van der Waals surface area (Å²) >= 11 is 0. The Hall–Kier alpha value is -10.0. The molecule has 0 unspecified atom stereocenters. The third kappa shape index (κ3) is 37.8. The van der Waals surface area contributed by atoms with E-state index in [1.165, 1.54) is 27.2 Å². The van der Waals surface area contributed by atoms with E-state index in [4.69, 9.17) is 24.8 Å². The Morgan fingerprint density at radius 1 is 0.495 bits per heavy atom. The summed E-state index contributed by atoms with van der Waals surface area (Å²) in [5.41, 5.74) is 13.6. The molecule has 3 heterocycles. The number of carboxylic acid groups (broad SMARTS) is 1. The van der Waals surface area contributed by atoms with Crippen LogP contribution in [0.15, 0.2) is 91.4 Å². The maximum absolute atomic E-state index is 13.1. The largest absolute Gasteiger partial charge is 1.00 e. The molecule has 6 atom stereocenters. The molecule has 6 aromatic rings. The average Bonchev–Trinajstić information content (AvgIpc) is 1.75. The Bertz CT molecular complexity index is 3900. The van der Waals surface area contributed by atoms with E-state index in [0.717, 1.165) is 69.0 Å². The second kappa shape index (κ2) is 48.1. The maximum atomic E-state index is 13.1. The monoisotopic (exact) mass is 1470 g/mol.